The smallest absolute Gasteiger partial charge is 0.228 e. The van der Waals surface area contributed by atoms with Gasteiger partial charge < -0.3 is 5.32 Å². The monoisotopic (exact) mass is 253 g/mol. The van der Waals surface area contributed by atoms with Crippen LogP contribution in [0.4, 0.5) is 5.82 Å². The zero-order valence-electron chi connectivity index (χ0n) is 9.82. The van der Waals surface area contributed by atoms with Crippen LogP contribution >= 0.6 is 11.6 Å². The largest absolute Gasteiger partial charge is 0.309 e. The molecule has 0 aromatic carbocycles. The van der Waals surface area contributed by atoms with E-state index < -0.39 is 0 Å². The van der Waals surface area contributed by atoms with Crippen molar-refractivity contribution in [2.24, 2.45) is 11.8 Å². The molecule has 5 heteroatoms. The Bertz CT molecular complexity index is 402. The minimum Gasteiger partial charge on any atom is -0.309 e. The summed E-state index contributed by atoms with van der Waals surface area (Å²) in [5.41, 5.74) is 0. The maximum Gasteiger partial charge on any atom is 0.228 e. The van der Waals surface area contributed by atoms with Crippen molar-refractivity contribution in [1.29, 1.82) is 0 Å². The van der Waals surface area contributed by atoms with E-state index in [4.69, 9.17) is 11.6 Å². The van der Waals surface area contributed by atoms with Crippen molar-refractivity contribution in [3.63, 3.8) is 0 Å². The summed E-state index contributed by atoms with van der Waals surface area (Å²) in [7, 11) is 0. The van der Waals surface area contributed by atoms with Crippen LogP contribution in [0.15, 0.2) is 12.4 Å². The Morgan fingerprint density at radius 2 is 2.06 bits per heavy atom. The van der Waals surface area contributed by atoms with E-state index in [1.54, 1.807) is 0 Å². The highest BCUT2D eigenvalue weighted by Crippen LogP contribution is 2.28. The van der Waals surface area contributed by atoms with Gasteiger partial charge in [-0.2, -0.15) is 0 Å². The Kier molecular flexibility index (Phi) is 3.94. The average molecular weight is 254 g/mol. The molecule has 0 bridgehead atoms. The van der Waals surface area contributed by atoms with Gasteiger partial charge in [-0.15, -0.1) is 0 Å². The van der Waals surface area contributed by atoms with E-state index in [-0.39, 0.29) is 11.8 Å². The molecule has 1 aliphatic carbocycles. The van der Waals surface area contributed by atoms with Gasteiger partial charge in [-0.1, -0.05) is 18.5 Å². The minimum absolute atomic E-state index is 0.0356. The number of nitrogens with one attached hydrogen (secondary N) is 1. The van der Waals surface area contributed by atoms with Crippen LogP contribution in [0.1, 0.15) is 32.6 Å². The topological polar surface area (TPSA) is 54.9 Å². The van der Waals surface area contributed by atoms with E-state index in [0.29, 0.717) is 11.0 Å². The van der Waals surface area contributed by atoms with Gasteiger partial charge >= 0.3 is 0 Å². The van der Waals surface area contributed by atoms with Crippen LogP contribution in [0, 0.1) is 11.8 Å². The third-order valence-corrected chi connectivity index (χ3v) is 3.43. The molecule has 1 aromatic rings. The van der Waals surface area contributed by atoms with Crippen molar-refractivity contribution in [3.8, 4) is 0 Å². The summed E-state index contributed by atoms with van der Waals surface area (Å²) in [5, 5.41) is 3.06. The zero-order chi connectivity index (χ0) is 12.3. The first-order valence-corrected chi connectivity index (χ1v) is 6.31. The summed E-state index contributed by atoms with van der Waals surface area (Å²) in [6.45, 7) is 2.23. The predicted molar refractivity (Wildman–Crippen MR) is 66.8 cm³/mol. The molecule has 1 amide bonds. The number of nitrogens with zero attached hydrogens (tertiary/aromatic N) is 2. The van der Waals surface area contributed by atoms with Gasteiger partial charge in [0.2, 0.25) is 5.91 Å². The Morgan fingerprint density at radius 3 is 2.71 bits per heavy atom. The van der Waals surface area contributed by atoms with Crippen LogP contribution in [0.5, 0.6) is 0 Å². The molecule has 0 aliphatic heterocycles. The molecular formula is C12H16ClN3O. The molecule has 1 aliphatic rings. The number of halogens is 1. The minimum atomic E-state index is 0.0356. The summed E-state index contributed by atoms with van der Waals surface area (Å²) in [6.07, 6.45) is 7.12. The van der Waals surface area contributed by atoms with Crippen molar-refractivity contribution in [2.45, 2.75) is 32.6 Å². The van der Waals surface area contributed by atoms with Crippen LogP contribution in [0.3, 0.4) is 0 Å². The van der Waals surface area contributed by atoms with Crippen molar-refractivity contribution in [1.82, 2.24) is 9.97 Å². The summed E-state index contributed by atoms with van der Waals surface area (Å²) in [4.78, 5) is 19.8. The summed E-state index contributed by atoms with van der Waals surface area (Å²) in [6, 6.07) is 0. The fourth-order valence-electron chi connectivity index (χ4n) is 2.15. The van der Waals surface area contributed by atoms with Gasteiger partial charge in [0.05, 0.1) is 12.4 Å². The second-order valence-corrected chi connectivity index (χ2v) is 5.06. The average Bonchev–Trinajstić information content (AvgIpc) is 2.29. The molecule has 0 atom stereocenters. The predicted octanol–water partition coefficient (Wildman–Crippen LogP) is 2.89. The molecule has 0 spiro atoms. The Hall–Kier alpha value is -1.16. The van der Waals surface area contributed by atoms with E-state index in [1.165, 1.54) is 12.4 Å². The standard InChI is InChI=1S/C12H16ClN3O/c1-8-2-4-9(5-3-8)12(17)16-11-7-14-6-10(13)15-11/h6-9H,2-5H2,1H3,(H,15,16,17). The zero-order valence-corrected chi connectivity index (χ0v) is 10.6. The van der Waals surface area contributed by atoms with E-state index in [1.807, 2.05) is 0 Å². The van der Waals surface area contributed by atoms with Crippen molar-refractivity contribution < 1.29 is 4.79 Å². The molecule has 4 nitrogen and oxygen atoms in total. The number of amides is 1. The summed E-state index contributed by atoms with van der Waals surface area (Å²) in [5.74, 6) is 1.31. The second-order valence-electron chi connectivity index (χ2n) is 4.67. The maximum absolute atomic E-state index is 12.0. The number of anilines is 1. The van der Waals surface area contributed by atoms with Gasteiger partial charge in [-0.05, 0) is 31.6 Å². The highest BCUT2D eigenvalue weighted by molar-refractivity contribution is 6.29. The molecule has 1 saturated carbocycles. The number of hydrogen-bond donors (Lipinski definition) is 1. The molecule has 1 aromatic heterocycles. The molecule has 0 saturated heterocycles. The second kappa shape index (κ2) is 5.45. The molecule has 2 rings (SSSR count). The third kappa shape index (κ3) is 3.40. The molecule has 1 fully saturated rings. The van der Waals surface area contributed by atoms with E-state index >= 15 is 0 Å². The fourth-order valence-corrected chi connectivity index (χ4v) is 2.30. The Labute approximate surface area is 106 Å². The van der Waals surface area contributed by atoms with Gasteiger partial charge in [-0.3, -0.25) is 9.78 Å². The maximum atomic E-state index is 12.0. The van der Waals surface area contributed by atoms with E-state index in [0.717, 1.165) is 31.6 Å². The van der Waals surface area contributed by atoms with Crippen molar-refractivity contribution in [2.75, 3.05) is 5.32 Å². The molecule has 0 radical (unpaired) electrons. The lowest BCUT2D eigenvalue weighted by atomic mass is 9.82. The molecule has 92 valence electrons. The van der Waals surface area contributed by atoms with Crippen LogP contribution in [0.25, 0.3) is 0 Å². The van der Waals surface area contributed by atoms with Gasteiger partial charge in [-0.25, -0.2) is 4.98 Å². The van der Waals surface area contributed by atoms with Gasteiger partial charge in [0.25, 0.3) is 0 Å². The first-order valence-electron chi connectivity index (χ1n) is 5.93. The quantitative estimate of drug-likeness (QED) is 0.882. The molecule has 1 heterocycles. The van der Waals surface area contributed by atoms with Crippen LogP contribution in [-0.4, -0.2) is 15.9 Å². The Morgan fingerprint density at radius 1 is 1.35 bits per heavy atom. The first kappa shape index (κ1) is 12.3. The lowest BCUT2D eigenvalue weighted by Crippen LogP contribution is -2.27. The first-order chi connectivity index (χ1) is 8.15. The summed E-state index contributed by atoms with van der Waals surface area (Å²) >= 11 is 5.71. The molecule has 17 heavy (non-hydrogen) atoms. The Balaban J connectivity index is 1.93. The molecular weight excluding hydrogens is 238 g/mol. The van der Waals surface area contributed by atoms with Crippen LogP contribution in [0.2, 0.25) is 5.15 Å². The van der Waals surface area contributed by atoms with Gasteiger partial charge in [0.1, 0.15) is 5.15 Å². The van der Waals surface area contributed by atoms with E-state index in [9.17, 15) is 4.79 Å². The molecule has 0 unspecified atom stereocenters. The summed E-state index contributed by atoms with van der Waals surface area (Å²) < 4.78 is 0. The van der Waals surface area contributed by atoms with E-state index in [2.05, 4.69) is 22.2 Å². The lowest BCUT2D eigenvalue weighted by molar-refractivity contribution is -0.121. The highest BCUT2D eigenvalue weighted by atomic mass is 35.5. The van der Waals surface area contributed by atoms with Gasteiger partial charge in [0, 0.05) is 5.92 Å². The van der Waals surface area contributed by atoms with Crippen molar-refractivity contribution in [3.05, 3.63) is 17.5 Å². The fraction of sp³-hybridized carbons (Fsp3) is 0.583. The highest BCUT2D eigenvalue weighted by Gasteiger charge is 2.24. The van der Waals surface area contributed by atoms with Crippen LogP contribution in [-0.2, 0) is 4.79 Å². The SMILES string of the molecule is CC1CCC(C(=O)Nc2cncc(Cl)n2)CC1. The number of aromatic nitrogens is 2. The number of carbonyl (C=O) groups is 1. The lowest BCUT2D eigenvalue weighted by Gasteiger charge is -2.24. The number of hydrogen-bond acceptors (Lipinski definition) is 3. The third-order valence-electron chi connectivity index (χ3n) is 3.24. The van der Waals surface area contributed by atoms with Crippen LogP contribution < -0.4 is 5.32 Å². The normalized spacial score (nSPS) is 24.4. The number of carbonyl (C=O) groups excluding carboxylic acids is 1. The van der Waals surface area contributed by atoms with Gasteiger partial charge in [0.15, 0.2) is 5.82 Å². The molecule has 1 N–H and O–H groups in total. The number of rotatable bonds is 2. The van der Waals surface area contributed by atoms with Crippen molar-refractivity contribution >= 4 is 23.3 Å².